The van der Waals surface area contributed by atoms with Crippen LogP contribution in [0.25, 0.3) is 5.57 Å². The van der Waals surface area contributed by atoms with E-state index in [2.05, 4.69) is 41.6 Å². The predicted molar refractivity (Wildman–Crippen MR) is 118 cm³/mol. The van der Waals surface area contributed by atoms with E-state index in [4.69, 9.17) is 0 Å². The molecule has 2 rings (SSSR count). The smallest absolute Gasteiger partial charge is 0.251 e. The summed E-state index contributed by atoms with van der Waals surface area (Å²) in [5.41, 5.74) is 3.94. The van der Waals surface area contributed by atoms with Crippen LogP contribution in [-0.2, 0) is 4.79 Å². The van der Waals surface area contributed by atoms with Gasteiger partial charge in [-0.15, -0.1) is 0 Å². The number of rotatable bonds is 6. The van der Waals surface area contributed by atoms with Gasteiger partial charge in [-0.2, -0.15) is 0 Å². The van der Waals surface area contributed by atoms with E-state index in [-0.39, 0.29) is 18.1 Å². The van der Waals surface area contributed by atoms with Gasteiger partial charge in [-0.1, -0.05) is 31.1 Å². The van der Waals surface area contributed by atoms with E-state index < -0.39 is 0 Å². The Bertz CT molecular complexity index is 927. The molecular formula is C24H29N3O2. The number of nitrogens with zero attached hydrogens (tertiary/aromatic N) is 1. The molecule has 1 aromatic rings. The highest BCUT2D eigenvalue weighted by atomic mass is 16.1. The lowest BCUT2D eigenvalue weighted by molar-refractivity contribution is -0.113. The number of allylic oxidation sites excluding steroid dienone is 5. The Balaban J connectivity index is 2.31. The van der Waals surface area contributed by atoms with E-state index in [1.54, 1.807) is 26.2 Å². The van der Waals surface area contributed by atoms with Crippen LogP contribution in [0, 0.1) is 17.8 Å². The summed E-state index contributed by atoms with van der Waals surface area (Å²) in [7, 11) is 7.20. The van der Waals surface area contributed by atoms with Crippen molar-refractivity contribution in [3.8, 4) is 11.8 Å². The summed E-state index contributed by atoms with van der Waals surface area (Å²) in [5, 5.41) is 5.70. The fourth-order valence-electron chi connectivity index (χ4n) is 2.99. The van der Waals surface area contributed by atoms with Gasteiger partial charge in [0.2, 0.25) is 5.78 Å². The minimum absolute atomic E-state index is 0.143. The quantitative estimate of drug-likeness (QED) is 0.732. The first-order valence-corrected chi connectivity index (χ1v) is 9.68. The van der Waals surface area contributed by atoms with E-state index >= 15 is 0 Å². The average Bonchev–Trinajstić information content (AvgIpc) is 2.71. The number of nitrogens with one attached hydrogen (secondary N) is 2. The number of benzene rings is 1. The largest absolute Gasteiger partial charge is 0.390 e. The first kappa shape index (κ1) is 22.0. The third-order valence-corrected chi connectivity index (χ3v) is 4.55. The van der Waals surface area contributed by atoms with Crippen molar-refractivity contribution in [3.63, 3.8) is 0 Å². The number of carbonyl (C=O) groups is 2. The summed E-state index contributed by atoms with van der Waals surface area (Å²) in [5.74, 6) is 5.83. The molecule has 0 heterocycles. The molecule has 5 heteroatoms. The van der Waals surface area contributed by atoms with E-state index in [1.807, 2.05) is 37.3 Å². The van der Waals surface area contributed by atoms with Crippen LogP contribution >= 0.6 is 0 Å². The second kappa shape index (κ2) is 10.3. The van der Waals surface area contributed by atoms with Crippen molar-refractivity contribution in [3.05, 3.63) is 65.0 Å². The maximum absolute atomic E-state index is 12.3. The molecule has 1 aliphatic rings. The number of hydrogen-bond donors (Lipinski definition) is 2. The SMILES string of the molecule is CNC(=O)c1ccc(C#CC(=O)C/C(=C/N(C)C)NC)cc1C1=CCC(C)C=C1. The lowest BCUT2D eigenvalue weighted by atomic mass is 9.90. The van der Waals surface area contributed by atoms with Gasteiger partial charge in [-0.25, -0.2) is 0 Å². The van der Waals surface area contributed by atoms with Gasteiger partial charge in [0, 0.05) is 51.2 Å². The molecule has 0 fully saturated rings. The van der Waals surface area contributed by atoms with Crippen LogP contribution in [0.15, 0.2) is 48.3 Å². The van der Waals surface area contributed by atoms with Crippen molar-refractivity contribution in [1.82, 2.24) is 15.5 Å². The molecule has 1 amide bonds. The first-order chi connectivity index (χ1) is 13.8. The minimum atomic E-state index is -0.171. The standard InChI is InChI=1S/C24H29N3O2/c1-17-6-10-19(11-7-17)23-14-18(9-13-22(23)24(29)26-3)8-12-21(28)15-20(25-2)16-27(4)5/h6,9-11,13-14,16-17,25H,7,15H2,1-5H3,(H,26,29)/b20-16-. The van der Waals surface area contributed by atoms with Gasteiger partial charge >= 0.3 is 0 Å². The highest BCUT2D eigenvalue weighted by Gasteiger charge is 2.15. The van der Waals surface area contributed by atoms with E-state index in [9.17, 15) is 9.59 Å². The minimum Gasteiger partial charge on any atom is -0.390 e. The lowest BCUT2D eigenvalue weighted by Gasteiger charge is -2.15. The molecule has 0 bridgehead atoms. The highest BCUT2D eigenvalue weighted by molar-refractivity contribution is 6.01. The van der Waals surface area contributed by atoms with Crippen molar-refractivity contribution in [2.45, 2.75) is 19.8 Å². The highest BCUT2D eigenvalue weighted by Crippen LogP contribution is 2.27. The van der Waals surface area contributed by atoms with Crippen molar-refractivity contribution in [2.24, 2.45) is 5.92 Å². The Hall–Kier alpha value is -3.26. The van der Waals surface area contributed by atoms with E-state index in [0.29, 0.717) is 17.0 Å². The molecule has 1 aromatic carbocycles. The Morgan fingerprint density at radius 2 is 2.00 bits per heavy atom. The molecule has 5 nitrogen and oxygen atoms in total. The Morgan fingerprint density at radius 3 is 2.59 bits per heavy atom. The van der Waals surface area contributed by atoms with E-state index in [0.717, 1.165) is 23.3 Å². The zero-order chi connectivity index (χ0) is 21.4. The summed E-state index contributed by atoms with van der Waals surface area (Å²) in [6, 6.07) is 5.42. The molecule has 0 saturated carbocycles. The van der Waals surface area contributed by atoms with Gasteiger partial charge in [0.1, 0.15) is 0 Å². The Morgan fingerprint density at radius 1 is 1.24 bits per heavy atom. The fourth-order valence-corrected chi connectivity index (χ4v) is 2.99. The van der Waals surface area contributed by atoms with Crippen LogP contribution in [0.3, 0.4) is 0 Å². The predicted octanol–water partition coefficient (Wildman–Crippen LogP) is 2.96. The summed E-state index contributed by atoms with van der Waals surface area (Å²) in [6.45, 7) is 2.15. The molecule has 152 valence electrons. The second-order valence-corrected chi connectivity index (χ2v) is 7.29. The molecule has 0 saturated heterocycles. The molecule has 0 aliphatic heterocycles. The van der Waals surface area contributed by atoms with E-state index in [1.165, 1.54) is 0 Å². The zero-order valence-electron chi connectivity index (χ0n) is 17.8. The Kier molecular flexibility index (Phi) is 7.85. The average molecular weight is 392 g/mol. The maximum Gasteiger partial charge on any atom is 0.251 e. The van der Waals surface area contributed by atoms with Crippen LogP contribution < -0.4 is 10.6 Å². The van der Waals surface area contributed by atoms with Crippen molar-refractivity contribution < 1.29 is 9.59 Å². The third kappa shape index (κ3) is 6.39. The number of carbonyl (C=O) groups excluding carboxylic acids is 2. The molecule has 0 radical (unpaired) electrons. The second-order valence-electron chi connectivity index (χ2n) is 7.29. The third-order valence-electron chi connectivity index (χ3n) is 4.55. The summed E-state index contributed by atoms with van der Waals surface area (Å²) in [4.78, 5) is 26.4. The maximum atomic E-state index is 12.3. The zero-order valence-corrected chi connectivity index (χ0v) is 17.8. The lowest BCUT2D eigenvalue weighted by Crippen LogP contribution is -2.19. The van der Waals surface area contributed by atoms with Crippen LogP contribution in [-0.4, -0.2) is 44.8 Å². The molecule has 2 N–H and O–H groups in total. The van der Waals surface area contributed by atoms with Crippen molar-refractivity contribution in [2.75, 3.05) is 28.2 Å². The number of ketones is 1. The summed E-state index contributed by atoms with van der Waals surface area (Å²) >= 11 is 0. The molecule has 0 aromatic heterocycles. The normalized spacial score (nSPS) is 15.7. The molecular weight excluding hydrogens is 362 g/mol. The van der Waals surface area contributed by atoms with Crippen molar-refractivity contribution in [1.29, 1.82) is 0 Å². The molecule has 1 atom stereocenters. The topological polar surface area (TPSA) is 61.4 Å². The van der Waals surface area contributed by atoms with Crippen LogP contribution in [0.4, 0.5) is 0 Å². The van der Waals surface area contributed by atoms with Crippen LogP contribution in [0.2, 0.25) is 0 Å². The fraction of sp³-hybridized carbons (Fsp3) is 0.333. The Labute approximate surface area is 173 Å². The number of Topliss-reactive ketones (excluding diaryl/α,β-unsaturated/α-hetero) is 1. The van der Waals surface area contributed by atoms with Gasteiger partial charge < -0.3 is 15.5 Å². The van der Waals surface area contributed by atoms with Gasteiger partial charge in [0.15, 0.2) is 0 Å². The first-order valence-electron chi connectivity index (χ1n) is 9.68. The molecule has 29 heavy (non-hydrogen) atoms. The monoisotopic (exact) mass is 391 g/mol. The van der Waals surface area contributed by atoms with Crippen LogP contribution in [0.5, 0.6) is 0 Å². The van der Waals surface area contributed by atoms with Gasteiger partial charge in [-0.3, -0.25) is 9.59 Å². The van der Waals surface area contributed by atoms with Crippen molar-refractivity contribution >= 4 is 17.3 Å². The molecule has 1 unspecified atom stereocenters. The van der Waals surface area contributed by atoms with Gasteiger partial charge in [0.05, 0.1) is 6.42 Å². The summed E-state index contributed by atoms with van der Waals surface area (Å²) < 4.78 is 0. The number of hydrogen-bond acceptors (Lipinski definition) is 4. The molecule has 0 spiro atoms. The number of amides is 1. The van der Waals surface area contributed by atoms with Gasteiger partial charge in [0.25, 0.3) is 5.91 Å². The molecule has 1 aliphatic carbocycles. The summed E-state index contributed by atoms with van der Waals surface area (Å²) in [6.07, 6.45) is 9.33. The van der Waals surface area contributed by atoms with Crippen LogP contribution in [0.1, 0.15) is 41.3 Å². The van der Waals surface area contributed by atoms with Gasteiger partial charge in [-0.05, 0) is 47.6 Å².